The van der Waals surface area contributed by atoms with Crippen LogP contribution < -0.4 is 0 Å². The number of nitrogens with zero attached hydrogens (tertiary/aromatic N) is 1. The summed E-state index contributed by atoms with van der Waals surface area (Å²) in [5.74, 6) is 0.618. The smallest absolute Gasteiger partial charge is 0.0988 e. The van der Waals surface area contributed by atoms with E-state index < -0.39 is 0 Å². The third-order valence-corrected chi connectivity index (χ3v) is 3.15. The maximum atomic E-state index is 8.59. The molecule has 0 radical (unpaired) electrons. The first kappa shape index (κ1) is 8.79. The Morgan fingerprint density at radius 2 is 2.45 bits per heavy atom. The van der Waals surface area contributed by atoms with Gasteiger partial charge in [-0.15, -0.1) is 0 Å². The Balaban J connectivity index is 2.73. The normalized spacial score (nSPS) is 29.4. The molecule has 11 heavy (non-hydrogen) atoms. The number of rotatable bonds is 1. The molecule has 0 aromatic rings. The van der Waals surface area contributed by atoms with Gasteiger partial charge < -0.3 is 0 Å². The molecule has 0 saturated carbocycles. The van der Waals surface area contributed by atoms with Gasteiger partial charge in [-0.05, 0) is 18.4 Å². The number of halogens is 1. The molecule has 1 nitrogen and oxygen atoms in total. The molecule has 1 unspecified atom stereocenters. The number of alkyl halides is 1. The van der Waals surface area contributed by atoms with Gasteiger partial charge in [0.1, 0.15) is 0 Å². The Morgan fingerprint density at radius 3 is 2.91 bits per heavy atom. The Hall–Kier alpha value is -0.300. The fraction of sp³-hybridized carbons (Fsp3) is 0.444. The molecule has 0 fully saturated rings. The second-order valence-corrected chi connectivity index (χ2v) is 4.05. The fourth-order valence-corrected chi connectivity index (χ4v) is 2.26. The minimum atomic E-state index is 0.497. The van der Waals surface area contributed by atoms with Crippen molar-refractivity contribution < 1.29 is 0 Å². The van der Waals surface area contributed by atoms with Gasteiger partial charge in [0.2, 0.25) is 0 Å². The summed E-state index contributed by atoms with van der Waals surface area (Å²) >= 11 is 2.38. The van der Waals surface area contributed by atoms with Crippen molar-refractivity contribution in [3.8, 4) is 6.07 Å². The van der Waals surface area contributed by atoms with E-state index >= 15 is 0 Å². The van der Waals surface area contributed by atoms with Crippen molar-refractivity contribution >= 4 is 22.6 Å². The largest absolute Gasteiger partial charge is 0.192 e. The second-order valence-electron chi connectivity index (χ2n) is 2.61. The van der Waals surface area contributed by atoms with E-state index in [1.165, 1.54) is 0 Å². The highest BCUT2D eigenvalue weighted by molar-refractivity contribution is 14.1. The van der Waals surface area contributed by atoms with Crippen LogP contribution in [0.25, 0.3) is 0 Å². The SMILES string of the molecule is CCC1C=CC(C#N)=C[C@@H]1I. The summed E-state index contributed by atoms with van der Waals surface area (Å²) in [5, 5.41) is 8.59. The van der Waals surface area contributed by atoms with Crippen LogP contribution in [0.2, 0.25) is 0 Å². The molecule has 1 rings (SSSR count). The first-order chi connectivity index (χ1) is 5.27. The van der Waals surface area contributed by atoms with E-state index in [1.54, 1.807) is 0 Å². The van der Waals surface area contributed by atoms with Crippen LogP contribution >= 0.6 is 22.6 Å². The molecule has 2 atom stereocenters. The zero-order chi connectivity index (χ0) is 8.27. The lowest BCUT2D eigenvalue weighted by molar-refractivity contribution is 0.658. The molecule has 0 amide bonds. The van der Waals surface area contributed by atoms with Gasteiger partial charge in [0, 0.05) is 9.50 Å². The Bertz CT molecular complexity index is 234. The van der Waals surface area contributed by atoms with Gasteiger partial charge in [-0.3, -0.25) is 0 Å². The van der Waals surface area contributed by atoms with E-state index in [2.05, 4.69) is 41.7 Å². The fourth-order valence-electron chi connectivity index (χ4n) is 1.12. The molecule has 0 spiro atoms. The van der Waals surface area contributed by atoms with Gasteiger partial charge in [0.25, 0.3) is 0 Å². The van der Waals surface area contributed by atoms with E-state index in [-0.39, 0.29) is 0 Å². The number of allylic oxidation sites excluding steroid dienone is 4. The van der Waals surface area contributed by atoms with Crippen molar-refractivity contribution in [1.82, 2.24) is 0 Å². The van der Waals surface area contributed by atoms with E-state index in [4.69, 9.17) is 5.26 Å². The summed E-state index contributed by atoms with van der Waals surface area (Å²) in [7, 11) is 0. The average Bonchev–Trinajstić information content (AvgIpc) is 2.04. The second kappa shape index (κ2) is 3.91. The standard InChI is InChI=1S/C9H10IN/c1-2-8-4-3-7(6-11)5-9(8)10/h3-5,8-9H,2H2,1H3/t8?,9-/m0/s1. The summed E-state index contributed by atoms with van der Waals surface area (Å²) in [4.78, 5) is 0. The lowest BCUT2D eigenvalue weighted by atomic mass is 9.95. The summed E-state index contributed by atoms with van der Waals surface area (Å²) in [6.45, 7) is 2.17. The monoisotopic (exact) mass is 259 g/mol. The van der Waals surface area contributed by atoms with E-state index in [9.17, 15) is 0 Å². The van der Waals surface area contributed by atoms with Gasteiger partial charge in [0.05, 0.1) is 6.07 Å². The maximum absolute atomic E-state index is 8.59. The quantitative estimate of drug-likeness (QED) is 0.524. The molecule has 2 heteroatoms. The molecule has 58 valence electrons. The molecule has 0 aromatic heterocycles. The number of hydrogen-bond donors (Lipinski definition) is 0. The Kier molecular flexibility index (Phi) is 3.13. The first-order valence-electron chi connectivity index (χ1n) is 3.72. The molecule has 0 aliphatic heterocycles. The minimum Gasteiger partial charge on any atom is -0.192 e. The van der Waals surface area contributed by atoms with Crippen molar-refractivity contribution in [3.05, 3.63) is 23.8 Å². The first-order valence-corrected chi connectivity index (χ1v) is 4.96. The maximum Gasteiger partial charge on any atom is 0.0988 e. The van der Waals surface area contributed by atoms with Crippen molar-refractivity contribution in [3.63, 3.8) is 0 Å². The van der Waals surface area contributed by atoms with Crippen molar-refractivity contribution in [1.29, 1.82) is 5.26 Å². The van der Waals surface area contributed by atoms with E-state index in [0.29, 0.717) is 9.84 Å². The minimum absolute atomic E-state index is 0.497. The van der Waals surface area contributed by atoms with Crippen LogP contribution in [0.5, 0.6) is 0 Å². The van der Waals surface area contributed by atoms with Gasteiger partial charge >= 0.3 is 0 Å². The predicted octanol–water partition coefficient (Wildman–Crippen LogP) is 2.84. The van der Waals surface area contributed by atoms with Crippen LogP contribution in [0, 0.1) is 17.2 Å². The van der Waals surface area contributed by atoms with Gasteiger partial charge in [0.15, 0.2) is 0 Å². The molecular weight excluding hydrogens is 249 g/mol. The third-order valence-electron chi connectivity index (χ3n) is 1.87. The highest BCUT2D eigenvalue weighted by atomic mass is 127. The lowest BCUT2D eigenvalue weighted by Crippen LogP contribution is -2.11. The van der Waals surface area contributed by atoms with Crippen LogP contribution in [0.15, 0.2) is 23.8 Å². The number of nitriles is 1. The number of hydrogen-bond acceptors (Lipinski definition) is 1. The van der Waals surface area contributed by atoms with Crippen LogP contribution in [-0.4, -0.2) is 3.92 Å². The molecule has 1 aliphatic carbocycles. The van der Waals surface area contributed by atoms with E-state index in [0.717, 1.165) is 12.0 Å². The molecule has 0 heterocycles. The average molecular weight is 259 g/mol. The van der Waals surface area contributed by atoms with Crippen molar-refractivity contribution in [2.75, 3.05) is 0 Å². The molecule has 0 aromatic carbocycles. The molecule has 0 bridgehead atoms. The van der Waals surface area contributed by atoms with Gasteiger partial charge in [-0.2, -0.15) is 5.26 Å². The van der Waals surface area contributed by atoms with Crippen LogP contribution in [-0.2, 0) is 0 Å². The third kappa shape index (κ3) is 2.06. The summed E-state index contributed by atoms with van der Waals surface area (Å²) < 4.78 is 0.497. The Morgan fingerprint density at radius 1 is 1.73 bits per heavy atom. The zero-order valence-corrected chi connectivity index (χ0v) is 8.58. The molecule has 0 N–H and O–H groups in total. The molecule has 0 saturated heterocycles. The predicted molar refractivity (Wildman–Crippen MR) is 54.4 cm³/mol. The summed E-state index contributed by atoms with van der Waals surface area (Å²) in [6.07, 6.45) is 7.24. The van der Waals surface area contributed by atoms with Crippen LogP contribution in [0.4, 0.5) is 0 Å². The van der Waals surface area contributed by atoms with Gasteiger partial charge in [-0.1, -0.05) is 41.7 Å². The highest BCUT2D eigenvalue weighted by Crippen LogP contribution is 2.25. The lowest BCUT2D eigenvalue weighted by Gasteiger charge is -2.17. The summed E-state index contributed by atoms with van der Waals surface area (Å²) in [6, 6.07) is 2.15. The van der Waals surface area contributed by atoms with Crippen molar-refractivity contribution in [2.24, 2.45) is 5.92 Å². The highest BCUT2D eigenvalue weighted by Gasteiger charge is 2.15. The Labute approximate surface area is 80.9 Å². The topological polar surface area (TPSA) is 23.8 Å². The molecular formula is C9H10IN. The van der Waals surface area contributed by atoms with Crippen molar-refractivity contribution in [2.45, 2.75) is 17.3 Å². The zero-order valence-electron chi connectivity index (χ0n) is 6.42. The van der Waals surface area contributed by atoms with Gasteiger partial charge in [-0.25, -0.2) is 0 Å². The van der Waals surface area contributed by atoms with Crippen LogP contribution in [0.1, 0.15) is 13.3 Å². The molecule has 1 aliphatic rings. The van der Waals surface area contributed by atoms with Crippen LogP contribution in [0.3, 0.4) is 0 Å². The summed E-state index contributed by atoms with van der Waals surface area (Å²) in [5.41, 5.74) is 0.800. The van der Waals surface area contributed by atoms with E-state index in [1.807, 2.05) is 12.2 Å².